The molecule has 3 aromatic heterocycles. The highest BCUT2D eigenvalue weighted by atomic mass is 16.3. The Bertz CT molecular complexity index is 2450. The summed E-state index contributed by atoms with van der Waals surface area (Å²) in [5.74, 6) is 0.771. The van der Waals surface area contributed by atoms with Crippen molar-refractivity contribution >= 4 is 33.1 Å². The zero-order chi connectivity index (χ0) is 35.7. The number of pyridine rings is 1. The Kier molecular flexibility index (Phi) is 5.13. The number of hydrogen-bond donors (Lipinski definition) is 0. The number of rotatable bonds is 5. The molecule has 0 bridgehead atoms. The molecule has 0 aliphatic carbocycles. The molecular formula is C39H34N4O. The lowest BCUT2D eigenvalue weighted by Crippen LogP contribution is -2.09. The maximum absolute atomic E-state index is 9.80. The highest BCUT2D eigenvalue weighted by Gasteiger charge is 2.26. The van der Waals surface area contributed by atoms with Crippen LogP contribution in [0.2, 0.25) is 0 Å². The molecule has 0 spiro atoms. The van der Waals surface area contributed by atoms with Crippen LogP contribution in [0.3, 0.4) is 0 Å². The summed E-state index contributed by atoms with van der Waals surface area (Å²) in [6.07, 6.45) is 0. The predicted octanol–water partition coefficient (Wildman–Crippen LogP) is 10.4. The second-order valence-corrected chi connectivity index (χ2v) is 11.8. The normalized spacial score (nSPS) is 14.4. The molecule has 216 valence electrons. The molecule has 0 aliphatic rings. The summed E-state index contributed by atoms with van der Waals surface area (Å²) in [5, 5.41) is 10.2. The lowest BCUT2D eigenvalue weighted by molar-refractivity contribution is 0.653. The molecule has 7 aromatic rings. The van der Waals surface area contributed by atoms with Gasteiger partial charge in [-0.15, -0.1) is 0 Å². The van der Waals surface area contributed by atoms with Crippen LogP contribution in [0.1, 0.15) is 75.7 Å². The Labute approximate surface area is 265 Å². The molecule has 3 heterocycles. The number of nitriles is 1. The van der Waals surface area contributed by atoms with Crippen LogP contribution in [-0.4, -0.2) is 14.5 Å². The van der Waals surface area contributed by atoms with E-state index in [1.54, 1.807) is 6.07 Å². The highest BCUT2D eigenvalue weighted by molar-refractivity contribution is 6.10. The van der Waals surface area contributed by atoms with Gasteiger partial charge in [-0.1, -0.05) is 76.2 Å². The molecule has 0 saturated heterocycles. The van der Waals surface area contributed by atoms with E-state index in [2.05, 4.69) is 61.5 Å². The second-order valence-electron chi connectivity index (χ2n) is 11.8. The molecule has 0 N–H and O–H groups in total. The van der Waals surface area contributed by atoms with Gasteiger partial charge >= 0.3 is 0 Å². The molecule has 5 heteroatoms. The van der Waals surface area contributed by atoms with Crippen LogP contribution in [0.25, 0.3) is 61.3 Å². The van der Waals surface area contributed by atoms with E-state index in [0.717, 1.165) is 39.0 Å². The second kappa shape index (κ2) is 10.5. The van der Waals surface area contributed by atoms with E-state index in [1.165, 1.54) is 12.1 Å². The molecule has 0 aliphatic heterocycles. The van der Waals surface area contributed by atoms with Crippen molar-refractivity contribution in [2.24, 2.45) is 0 Å². The van der Waals surface area contributed by atoms with Gasteiger partial charge in [0.15, 0.2) is 0 Å². The third kappa shape index (κ3) is 4.29. The fourth-order valence-corrected chi connectivity index (χ4v) is 6.12. The van der Waals surface area contributed by atoms with Crippen LogP contribution in [-0.2, 0) is 0 Å². The third-order valence-corrected chi connectivity index (χ3v) is 8.26. The first-order valence-electron chi connectivity index (χ1n) is 17.7. The molecular weight excluding hydrogens is 540 g/mol. The first-order chi connectivity index (χ1) is 23.7. The van der Waals surface area contributed by atoms with Gasteiger partial charge in [0.05, 0.1) is 22.3 Å². The van der Waals surface area contributed by atoms with Gasteiger partial charge in [-0.05, 0) is 95.3 Å². The van der Waals surface area contributed by atoms with Crippen molar-refractivity contribution < 1.29 is 12.6 Å². The van der Waals surface area contributed by atoms with Crippen LogP contribution in [0.5, 0.6) is 0 Å². The predicted molar refractivity (Wildman–Crippen MR) is 179 cm³/mol. The number of para-hydroxylation sites is 2. The molecule has 5 nitrogen and oxygen atoms in total. The van der Waals surface area contributed by atoms with Crippen molar-refractivity contribution in [2.75, 3.05) is 0 Å². The molecule has 0 unspecified atom stereocenters. The largest absolute Gasteiger partial charge is 0.437 e. The van der Waals surface area contributed by atoms with Gasteiger partial charge in [0.25, 0.3) is 0 Å². The molecule has 7 rings (SSSR count). The van der Waals surface area contributed by atoms with Gasteiger partial charge in [0, 0.05) is 19.0 Å². The minimum absolute atomic E-state index is 0.0152. The Morgan fingerprint density at radius 3 is 2.18 bits per heavy atom. The number of furan rings is 1. The summed E-state index contributed by atoms with van der Waals surface area (Å²) < 4.78 is 57.8. The van der Waals surface area contributed by atoms with Gasteiger partial charge in [0.1, 0.15) is 23.2 Å². The molecule has 4 aromatic carbocycles. The van der Waals surface area contributed by atoms with Gasteiger partial charge in [0.2, 0.25) is 5.71 Å². The SMILES string of the molecule is [2H]C([2H])([2H])c1cc2c(nc1C#N)oc1c(-c3nc4ccccc4n3-c3c(C(C)C)cc(-c4ccccc4)cc3C(C)C)ccc(C([2H])([2H])[2H])c12. The highest BCUT2D eigenvalue weighted by Crippen LogP contribution is 2.43. The minimum atomic E-state index is -2.66. The lowest BCUT2D eigenvalue weighted by atomic mass is 9.88. The fourth-order valence-electron chi connectivity index (χ4n) is 6.12. The zero-order valence-corrected chi connectivity index (χ0v) is 24.9. The van der Waals surface area contributed by atoms with Crippen LogP contribution < -0.4 is 0 Å². The molecule has 0 radical (unpaired) electrons. The summed E-state index contributed by atoms with van der Waals surface area (Å²) in [4.78, 5) is 9.44. The number of aromatic nitrogens is 3. The molecule has 0 fully saturated rings. The molecule has 0 saturated carbocycles. The average molecular weight is 581 g/mol. The summed E-state index contributed by atoms with van der Waals surface area (Å²) in [6.45, 7) is 3.44. The Balaban J connectivity index is 1.63. The van der Waals surface area contributed by atoms with E-state index >= 15 is 0 Å². The zero-order valence-electron chi connectivity index (χ0n) is 30.9. The van der Waals surface area contributed by atoms with Crippen LogP contribution >= 0.6 is 0 Å². The Hall–Kier alpha value is -5.21. The van der Waals surface area contributed by atoms with Crippen molar-refractivity contribution in [1.29, 1.82) is 5.26 Å². The number of imidazole rings is 1. The van der Waals surface area contributed by atoms with Gasteiger partial charge in [-0.3, -0.25) is 4.57 Å². The molecule has 0 atom stereocenters. The van der Waals surface area contributed by atoms with E-state index in [1.807, 2.05) is 48.5 Å². The van der Waals surface area contributed by atoms with Gasteiger partial charge in [-0.25, -0.2) is 9.97 Å². The number of hydrogen-bond acceptors (Lipinski definition) is 4. The molecule has 44 heavy (non-hydrogen) atoms. The number of aryl methyl sites for hydroxylation is 2. The first-order valence-corrected chi connectivity index (χ1v) is 14.7. The lowest BCUT2D eigenvalue weighted by Gasteiger charge is -2.24. The van der Waals surface area contributed by atoms with E-state index in [-0.39, 0.29) is 50.7 Å². The fraction of sp³-hybridized carbons (Fsp3) is 0.205. The van der Waals surface area contributed by atoms with E-state index in [0.29, 0.717) is 11.4 Å². The van der Waals surface area contributed by atoms with E-state index in [9.17, 15) is 5.26 Å². The van der Waals surface area contributed by atoms with Crippen LogP contribution in [0, 0.1) is 25.0 Å². The number of fused-ring (bicyclic) bond motifs is 4. The Morgan fingerprint density at radius 1 is 0.795 bits per heavy atom. The number of nitrogens with zero attached hydrogens (tertiary/aromatic N) is 4. The van der Waals surface area contributed by atoms with Gasteiger partial charge in [-0.2, -0.15) is 5.26 Å². The third-order valence-electron chi connectivity index (χ3n) is 8.26. The van der Waals surface area contributed by atoms with Crippen molar-refractivity contribution in [1.82, 2.24) is 14.5 Å². The topological polar surface area (TPSA) is 67.6 Å². The molecule has 0 amide bonds. The summed E-state index contributed by atoms with van der Waals surface area (Å²) >= 11 is 0. The monoisotopic (exact) mass is 580 g/mol. The van der Waals surface area contributed by atoms with Crippen molar-refractivity contribution in [2.45, 2.75) is 53.2 Å². The first kappa shape index (κ1) is 21.5. The minimum Gasteiger partial charge on any atom is -0.437 e. The summed E-state index contributed by atoms with van der Waals surface area (Å²) in [7, 11) is 0. The van der Waals surface area contributed by atoms with Crippen LogP contribution in [0.15, 0.2) is 89.3 Å². The van der Waals surface area contributed by atoms with Crippen molar-refractivity contribution in [3.8, 4) is 34.3 Å². The maximum Gasteiger partial charge on any atom is 0.228 e. The van der Waals surface area contributed by atoms with E-state index < -0.39 is 13.7 Å². The number of benzene rings is 4. The smallest absolute Gasteiger partial charge is 0.228 e. The maximum atomic E-state index is 9.80. The Morgan fingerprint density at radius 2 is 1.50 bits per heavy atom. The van der Waals surface area contributed by atoms with Gasteiger partial charge < -0.3 is 4.42 Å². The average Bonchev–Trinajstić information content (AvgIpc) is 3.64. The summed E-state index contributed by atoms with van der Waals surface area (Å²) in [5.41, 5.74) is 7.11. The summed E-state index contributed by atoms with van der Waals surface area (Å²) in [6, 6.07) is 29.0. The van der Waals surface area contributed by atoms with Crippen molar-refractivity contribution in [3.05, 3.63) is 113 Å². The van der Waals surface area contributed by atoms with Crippen LogP contribution in [0.4, 0.5) is 0 Å². The quantitative estimate of drug-likeness (QED) is 0.203. The van der Waals surface area contributed by atoms with Crippen molar-refractivity contribution in [3.63, 3.8) is 0 Å². The standard InChI is InChI=1S/C39H34N4O/c1-22(2)29-19-27(26-12-8-7-9-13-26)20-30(23(3)4)36(29)43-34-15-11-10-14-32(34)41-38(43)28-17-16-24(5)35-31-18-25(6)33(21-40)42-39(31)44-37(28)35/h7-20,22-23H,1-6H3/i5D3,6D3. The van der Waals surface area contributed by atoms with E-state index in [4.69, 9.17) is 17.6 Å².